The summed E-state index contributed by atoms with van der Waals surface area (Å²) in [7, 11) is 0. The lowest BCUT2D eigenvalue weighted by molar-refractivity contribution is 0.0697. The molecule has 5 nitrogen and oxygen atoms in total. The zero-order valence-corrected chi connectivity index (χ0v) is 14.4. The molecule has 0 atom stereocenters. The standard InChI is InChI=1S/C20H14N2O3S/c21-11-17-16(14-6-2-1-3-7-14)10-18(23)22-19(17)26-12-13-5-4-8-15(9-13)20(24)25/h1-10H,12H2,(H,22,23)(H,24,25). The number of nitriles is 1. The predicted molar refractivity (Wildman–Crippen MR) is 100 cm³/mol. The molecule has 1 heterocycles. The van der Waals surface area contributed by atoms with Crippen molar-refractivity contribution in [3.05, 3.63) is 87.7 Å². The molecule has 26 heavy (non-hydrogen) atoms. The van der Waals surface area contributed by atoms with Crippen LogP contribution in [0.25, 0.3) is 11.1 Å². The van der Waals surface area contributed by atoms with Gasteiger partial charge < -0.3 is 10.1 Å². The number of pyridine rings is 1. The van der Waals surface area contributed by atoms with E-state index in [9.17, 15) is 14.9 Å². The van der Waals surface area contributed by atoms with Crippen LogP contribution < -0.4 is 5.56 Å². The van der Waals surface area contributed by atoms with Gasteiger partial charge in [-0.2, -0.15) is 5.26 Å². The van der Waals surface area contributed by atoms with Crippen molar-refractivity contribution in [3.63, 3.8) is 0 Å². The Morgan fingerprint density at radius 3 is 2.58 bits per heavy atom. The molecule has 0 aliphatic rings. The van der Waals surface area contributed by atoms with E-state index in [-0.39, 0.29) is 11.1 Å². The lowest BCUT2D eigenvalue weighted by Gasteiger charge is -2.09. The van der Waals surface area contributed by atoms with Crippen molar-refractivity contribution in [2.24, 2.45) is 0 Å². The van der Waals surface area contributed by atoms with Crippen molar-refractivity contribution in [2.75, 3.05) is 0 Å². The van der Waals surface area contributed by atoms with E-state index in [1.54, 1.807) is 12.1 Å². The zero-order valence-electron chi connectivity index (χ0n) is 13.6. The molecule has 3 rings (SSSR count). The second-order valence-corrected chi connectivity index (χ2v) is 6.51. The lowest BCUT2D eigenvalue weighted by atomic mass is 10.0. The summed E-state index contributed by atoms with van der Waals surface area (Å²) >= 11 is 1.30. The molecule has 128 valence electrons. The number of aromatic nitrogens is 1. The molecule has 0 radical (unpaired) electrons. The van der Waals surface area contributed by atoms with Crippen LogP contribution >= 0.6 is 11.8 Å². The van der Waals surface area contributed by atoms with Gasteiger partial charge in [0.15, 0.2) is 0 Å². The van der Waals surface area contributed by atoms with Crippen molar-refractivity contribution >= 4 is 17.7 Å². The Bertz CT molecular complexity index is 1050. The molecule has 0 fully saturated rings. The van der Waals surface area contributed by atoms with E-state index >= 15 is 0 Å². The fraction of sp³-hybridized carbons (Fsp3) is 0.0500. The van der Waals surface area contributed by atoms with Gasteiger partial charge in [-0.1, -0.05) is 42.5 Å². The maximum atomic E-state index is 12.1. The Hall–Kier alpha value is -3.30. The highest BCUT2D eigenvalue weighted by Crippen LogP contribution is 2.30. The van der Waals surface area contributed by atoms with Crippen molar-refractivity contribution in [1.29, 1.82) is 5.26 Å². The maximum Gasteiger partial charge on any atom is 0.335 e. The first-order valence-corrected chi connectivity index (χ1v) is 8.75. The Morgan fingerprint density at radius 2 is 1.88 bits per heavy atom. The van der Waals surface area contributed by atoms with Crippen LogP contribution in [0.1, 0.15) is 21.5 Å². The lowest BCUT2D eigenvalue weighted by Crippen LogP contribution is -2.08. The van der Waals surface area contributed by atoms with Gasteiger partial charge in [0.05, 0.1) is 16.2 Å². The Morgan fingerprint density at radius 1 is 1.12 bits per heavy atom. The van der Waals surface area contributed by atoms with Crippen molar-refractivity contribution in [1.82, 2.24) is 4.98 Å². The maximum absolute atomic E-state index is 12.1. The first-order chi connectivity index (χ1) is 12.6. The molecular weight excluding hydrogens is 348 g/mol. The van der Waals surface area contributed by atoms with Crippen molar-refractivity contribution in [2.45, 2.75) is 10.8 Å². The zero-order chi connectivity index (χ0) is 18.5. The first-order valence-electron chi connectivity index (χ1n) is 7.76. The second-order valence-electron chi connectivity index (χ2n) is 5.52. The fourth-order valence-corrected chi connectivity index (χ4v) is 3.51. The highest BCUT2D eigenvalue weighted by Gasteiger charge is 2.13. The Kier molecular flexibility index (Phi) is 5.20. The number of aromatic amines is 1. The van der Waals surface area contributed by atoms with Crippen LogP contribution in [0.5, 0.6) is 0 Å². The minimum Gasteiger partial charge on any atom is -0.478 e. The predicted octanol–water partition coefficient (Wildman–Crippen LogP) is 3.90. The number of hydrogen-bond acceptors (Lipinski definition) is 4. The van der Waals surface area contributed by atoms with Crippen LogP contribution in [0.4, 0.5) is 0 Å². The van der Waals surface area contributed by atoms with Crippen LogP contribution in [-0.2, 0) is 5.75 Å². The van der Waals surface area contributed by atoms with Crippen LogP contribution in [0.3, 0.4) is 0 Å². The van der Waals surface area contributed by atoms with Gasteiger partial charge in [0.25, 0.3) is 0 Å². The number of nitrogens with one attached hydrogen (secondary N) is 1. The average molecular weight is 362 g/mol. The van der Waals surface area contributed by atoms with E-state index in [2.05, 4.69) is 11.1 Å². The van der Waals surface area contributed by atoms with E-state index in [1.165, 1.54) is 23.9 Å². The summed E-state index contributed by atoms with van der Waals surface area (Å²) in [6, 6.07) is 19.4. The highest BCUT2D eigenvalue weighted by molar-refractivity contribution is 7.98. The number of hydrogen-bond donors (Lipinski definition) is 2. The van der Waals surface area contributed by atoms with Crippen LogP contribution in [0, 0.1) is 11.3 Å². The van der Waals surface area contributed by atoms with E-state index < -0.39 is 5.97 Å². The number of carboxylic acids is 1. The summed E-state index contributed by atoms with van der Waals surface area (Å²) in [5.41, 5.74) is 2.49. The fourth-order valence-electron chi connectivity index (χ4n) is 2.55. The summed E-state index contributed by atoms with van der Waals surface area (Å²) in [6.07, 6.45) is 0. The third kappa shape index (κ3) is 3.85. The van der Waals surface area contributed by atoms with Crippen molar-refractivity contribution in [3.8, 4) is 17.2 Å². The van der Waals surface area contributed by atoms with E-state index in [4.69, 9.17) is 5.11 Å². The van der Waals surface area contributed by atoms with Gasteiger partial charge in [0.1, 0.15) is 6.07 Å². The van der Waals surface area contributed by atoms with Gasteiger partial charge in [-0.3, -0.25) is 4.79 Å². The molecule has 0 saturated carbocycles. The molecule has 0 amide bonds. The molecule has 0 aliphatic carbocycles. The molecule has 0 aliphatic heterocycles. The molecule has 2 N–H and O–H groups in total. The van der Waals surface area contributed by atoms with Gasteiger partial charge in [0.2, 0.25) is 5.56 Å². The molecule has 0 saturated heterocycles. The SMILES string of the molecule is N#Cc1c(-c2ccccc2)cc(=O)[nH]c1SCc1cccc(C(=O)O)c1. The smallest absolute Gasteiger partial charge is 0.335 e. The summed E-state index contributed by atoms with van der Waals surface area (Å²) in [5.74, 6) is -0.557. The number of thioether (sulfide) groups is 1. The van der Waals surface area contributed by atoms with Crippen LogP contribution in [-0.4, -0.2) is 16.1 Å². The minimum atomic E-state index is -0.992. The summed E-state index contributed by atoms with van der Waals surface area (Å²) in [5, 5.41) is 19.2. The molecule has 1 aromatic heterocycles. The number of benzene rings is 2. The van der Waals surface area contributed by atoms with E-state index in [1.807, 2.05) is 36.4 Å². The third-order valence-electron chi connectivity index (χ3n) is 3.76. The van der Waals surface area contributed by atoms with Gasteiger partial charge in [-0.15, -0.1) is 11.8 Å². The van der Waals surface area contributed by atoms with E-state index in [0.717, 1.165) is 11.1 Å². The summed E-state index contributed by atoms with van der Waals surface area (Å²) in [4.78, 5) is 25.8. The average Bonchev–Trinajstić information content (AvgIpc) is 2.66. The molecule has 3 aromatic rings. The Labute approximate surface area is 153 Å². The monoisotopic (exact) mass is 362 g/mol. The van der Waals surface area contributed by atoms with E-state index in [0.29, 0.717) is 21.9 Å². The number of H-pyrrole nitrogens is 1. The minimum absolute atomic E-state index is 0.204. The normalized spacial score (nSPS) is 10.3. The third-order valence-corrected chi connectivity index (χ3v) is 4.83. The first kappa shape index (κ1) is 17.5. The molecule has 0 spiro atoms. The molecule has 0 unspecified atom stereocenters. The second kappa shape index (κ2) is 7.72. The topological polar surface area (TPSA) is 94.0 Å². The van der Waals surface area contributed by atoms with Crippen LogP contribution in [0.15, 0.2) is 70.5 Å². The summed E-state index contributed by atoms with van der Waals surface area (Å²) in [6.45, 7) is 0. The van der Waals surface area contributed by atoms with Gasteiger partial charge in [0, 0.05) is 17.4 Å². The quantitative estimate of drug-likeness (QED) is 0.671. The number of carboxylic acid groups (broad SMARTS) is 1. The van der Waals surface area contributed by atoms with Crippen molar-refractivity contribution < 1.29 is 9.90 Å². The number of carbonyl (C=O) groups is 1. The molecular formula is C20H14N2O3S. The molecule has 6 heteroatoms. The molecule has 0 bridgehead atoms. The van der Waals surface area contributed by atoms with Gasteiger partial charge in [-0.05, 0) is 23.3 Å². The molecule has 2 aromatic carbocycles. The van der Waals surface area contributed by atoms with Gasteiger partial charge in [-0.25, -0.2) is 4.79 Å². The number of aromatic carboxylic acids is 1. The van der Waals surface area contributed by atoms with Crippen LogP contribution in [0.2, 0.25) is 0 Å². The highest BCUT2D eigenvalue weighted by atomic mass is 32.2. The Balaban J connectivity index is 1.95. The number of nitrogens with zero attached hydrogens (tertiary/aromatic N) is 1. The summed E-state index contributed by atoms with van der Waals surface area (Å²) < 4.78 is 0. The van der Waals surface area contributed by atoms with Gasteiger partial charge >= 0.3 is 5.97 Å². The number of rotatable bonds is 5. The largest absolute Gasteiger partial charge is 0.478 e.